The van der Waals surface area contributed by atoms with Gasteiger partial charge in [0.05, 0.1) is 10.4 Å². The zero-order chi connectivity index (χ0) is 22.7. The molecule has 0 unspecified atom stereocenters. The van der Waals surface area contributed by atoms with Crippen LogP contribution in [-0.2, 0) is 6.54 Å². The van der Waals surface area contributed by atoms with Crippen LogP contribution in [0.25, 0.3) is 11.1 Å². The molecule has 8 nitrogen and oxygen atoms in total. The van der Waals surface area contributed by atoms with Crippen molar-refractivity contribution in [3.63, 3.8) is 0 Å². The first-order valence-electron chi connectivity index (χ1n) is 9.95. The molecule has 2 N–H and O–H groups in total. The number of carbonyl (C=O) groups is 2. The van der Waals surface area contributed by atoms with Crippen LogP contribution in [0.5, 0.6) is 0 Å². The monoisotopic (exact) mass is 450 g/mol. The Bertz CT molecular complexity index is 1300. The van der Waals surface area contributed by atoms with E-state index >= 15 is 0 Å². The number of rotatable bonds is 7. The molecular weight excluding hydrogens is 428 g/mol. The van der Waals surface area contributed by atoms with Crippen LogP contribution in [0.15, 0.2) is 69.2 Å². The van der Waals surface area contributed by atoms with Gasteiger partial charge in [0.25, 0.3) is 11.8 Å². The zero-order valence-electron chi connectivity index (χ0n) is 17.6. The van der Waals surface area contributed by atoms with E-state index in [1.807, 2.05) is 30.4 Å². The fourth-order valence-corrected chi connectivity index (χ4v) is 3.78. The molecule has 0 spiro atoms. The van der Waals surface area contributed by atoms with Crippen molar-refractivity contribution >= 4 is 45.6 Å². The summed E-state index contributed by atoms with van der Waals surface area (Å²) in [5.74, 6) is -0.914. The van der Waals surface area contributed by atoms with Crippen molar-refractivity contribution in [1.82, 2.24) is 9.47 Å². The lowest BCUT2D eigenvalue weighted by Crippen LogP contribution is -2.23. The van der Waals surface area contributed by atoms with Crippen molar-refractivity contribution in [3.8, 4) is 0 Å². The second-order valence-electron chi connectivity index (χ2n) is 7.47. The molecule has 0 aliphatic heterocycles. The standard InChI is InChI=1S/C23H22N4O4S/c1-26(2)11-12-27-18-14-17(9-10-19(18)31-23(27)30)25-21(28)15-5-7-16(8-6-15)24-22(29)20-4-3-13-32-20/h3-10,13-14H,11-12H2,1-2H3,(H,24,29)(H,25,28). The van der Waals surface area contributed by atoms with Crippen LogP contribution < -0.4 is 16.4 Å². The summed E-state index contributed by atoms with van der Waals surface area (Å²) in [5, 5.41) is 7.48. The molecular formula is C23H22N4O4S. The van der Waals surface area contributed by atoms with Gasteiger partial charge in [0.15, 0.2) is 5.58 Å². The summed E-state index contributed by atoms with van der Waals surface area (Å²) in [6.45, 7) is 1.16. The van der Waals surface area contributed by atoms with E-state index in [1.54, 1.807) is 53.1 Å². The molecule has 2 aromatic carbocycles. The number of anilines is 2. The normalized spacial score (nSPS) is 11.1. The lowest BCUT2D eigenvalue weighted by molar-refractivity contribution is 0.102. The van der Waals surface area contributed by atoms with Crippen molar-refractivity contribution in [3.05, 3.63) is 81.0 Å². The summed E-state index contributed by atoms with van der Waals surface area (Å²) in [7, 11) is 3.86. The Morgan fingerprint density at radius 1 is 1.00 bits per heavy atom. The van der Waals surface area contributed by atoms with Crippen LogP contribution in [-0.4, -0.2) is 41.9 Å². The second-order valence-corrected chi connectivity index (χ2v) is 8.42. The summed E-state index contributed by atoms with van der Waals surface area (Å²) in [6.07, 6.45) is 0. The molecule has 4 rings (SSSR count). The van der Waals surface area contributed by atoms with E-state index in [4.69, 9.17) is 4.42 Å². The molecule has 32 heavy (non-hydrogen) atoms. The third-order valence-corrected chi connectivity index (χ3v) is 5.71. The molecule has 2 aromatic heterocycles. The molecule has 2 heterocycles. The summed E-state index contributed by atoms with van der Waals surface area (Å²) < 4.78 is 6.84. The Labute approximate surface area is 188 Å². The van der Waals surface area contributed by atoms with E-state index in [-0.39, 0.29) is 11.8 Å². The van der Waals surface area contributed by atoms with Crippen LogP contribution in [0.3, 0.4) is 0 Å². The van der Waals surface area contributed by atoms with Crippen LogP contribution in [0, 0.1) is 0 Å². The Balaban J connectivity index is 1.46. The molecule has 4 aromatic rings. The average molecular weight is 451 g/mol. The molecule has 164 valence electrons. The van der Waals surface area contributed by atoms with E-state index in [2.05, 4.69) is 10.6 Å². The van der Waals surface area contributed by atoms with Gasteiger partial charge in [0.1, 0.15) is 0 Å². The number of hydrogen-bond acceptors (Lipinski definition) is 6. The van der Waals surface area contributed by atoms with Gasteiger partial charge in [0, 0.05) is 30.0 Å². The summed E-state index contributed by atoms with van der Waals surface area (Å²) in [6, 6.07) is 15.3. The number of benzene rings is 2. The number of aromatic nitrogens is 1. The summed E-state index contributed by atoms with van der Waals surface area (Å²) in [4.78, 5) is 39.6. The first-order valence-corrected chi connectivity index (χ1v) is 10.8. The number of fused-ring (bicyclic) bond motifs is 1. The number of hydrogen-bond donors (Lipinski definition) is 2. The van der Waals surface area contributed by atoms with Crippen LogP contribution in [0.1, 0.15) is 20.0 Å². The fourth-order valence-electron chi connectivity index (χ4n) is 3.16. The van der Waals surface area contributed by atoms with Crippen LogP contribution in [0.2, 0.25) is 0 Å². The number of thiophene rings is 1. The molecule has 0 bridgehead atoms. The second kappa shape index (κ2) is 9.21. The van der Waals surface area contributed by atoms with Crippen LogP contribution in [0.4, 0.5) is 11.4 Å². The molecule has 0 saturated carbocycles. The highest BCUT2D eigenvalue weighted by molar-refractivity contribution is 7.12. The molecule has 0 aliphatic carbocycles. The predicted molar refractivity (Wildman–Crippen MR) is 126 cm³/mol. The quantitative estimate of drug-likeness (QED) is 0.447. The number of amides is 2. The van der Waals surface area contributed by atoms with E-state index in [9.17, 15) is 14.4 Å². The lowest BCUT2D eigenvalue weighted by Gasteiger charge is -2.10. The molecule has 9 heteroatoms. The lowest BCUT2D eigenvalue weighted by atomic mass is 10.2. The SMILES string of the molecule is CN(C)CCn1c(=O)oc2ccc(NC(=O)c3ccc(NC(=O)c4cccs4)cc3)cc21. The third-order valence-electron chi connectivity index (χ3n) is 4.85. The number of nitrogens with zero attached hydrogens (tertiary/aromatic N) is 2. The summed E-state index contributed by atoms with van der Waals surface area (Å²) >= 11 is 1.36. The highest BCUT2D eigenvalue weighted by Gasteiger charge is 2.13. The maximum Gasteiger partial charge on any atom is 0.419 e. The van der Waals surface area contributed by atoms with Crippen molar-refractivity contribution < 1.29 is 14.0 Å². The van der Waals surface area contributed by atoms with E-state index in [0.29, 0.717) is 46.0 Å². The van der Waals surface area contributed by atoms with E-state index in [1.165, 1.54) is 11.3 Å². The van der Waals surface area contributed by atoms with Crippen LogP contribution >= 0.6 is 11.3 Å². The van der Waals surface area contributed by atoms with Gasteiger partial charge in [-0.1, -0.05) is 6.07 Å². The molecule has 0 fully saturated rings. The fraction of sp³-hybridized carbons (Fsp3) is 0.174. The Kier molecular flexibility index (Phi) is 6.20. The number of nitrogens with one attached hydrogen (secondary N) is 2. The Hall–Kier alpha value is -3.69. The largest absolute Gasteiger partial charge is 0.419 e. The number of carbonyl (C=O) groups excluding carboxylic acids is 2. The molecule has 0 saturated heterocycles. The Morgan fingerprint density at radius 3 is 2.41 bits per heavy atom. The van der Waals surface area contributed by atoms with Gasteiger partial charge in [-0.2, -0.15) is 0 Å². The first kappa shape index (κ1) is 21.5. The zero-order valence-corrected chi connectivity index (χ0v) is 18.4. The van der Waals surface area contributed by atoms with Gasteiger partial charge >= 0.3 is 5.76 Å². The van der Waals surface area contributed by atoms with Gasteiger partial charge < -0.3 is 20.0 Å². The van der Waals surface area contributed by atoms with E-state index < -0.39 is 5.76 Å². The van der Waals surface area contributed by atoms with Gasteiger partial charge in [-0.25, -0.2) is 4.79 Å². The maximum atomic E-state index is 12.7. The number of oxazole rings is 1. The summed E-state index contributed by atoms with van der Waals surface area (Å²) in [5.41, 5.74) is 2.69. The maximum absolute atomic E-state index is 12.7. The molecule has 0 radical (unpaired) electrons. The molecule has 0 atom stereocenters. The average Bonchev–Trinajstić information content (AvgIpc) is 3.40. The van der Waals surface area contributed by atoms with Gasteiger partial charge in [-0.3, -0.25) is 14.2 Å². The smallest absolute Gasteiger partial charge is 0.408 e. The molecule has 0 aliphatic rings. The number of likely N-dealkylation sites (N-methyl/N-ethyl adjacent to an activating group) is 1. The third kappa shape index (κ3) is 4.79. The molecule has 2 amide bonds. The highest BCUT2D eigenvalue weighted by atomic mass is 32.1. The van der Waals surface area contributed by atoms with Crippen molar-refractivity contribution in [2.24, 2.45) is 0 Å². The van der Waals surface area contributed by atoms with Crippen molar-refractivity contribution in [1.29, 1.82) is 0 Å². The topological polar surface area (TPSA) is 96.6 Å². The van der Waals surface area contributed by atoms with E-state index in [0.717, 1.165) is 0 Å². The van der Waals surface area contributed by atoms with Crippen molar-refractivity contribution in [2.75, 3.05) is 31.3 Å². The first-order chi connectivity index (χ1) is 15.4. The minimum absolute atomic E-state index is 0.189. The van der Waals surface area contributed by atoms with Gasteiger partial charge in [-0.15, -0.1) is 11.3 Å². The Morgan fingerprint density at radius 2 is 1.72 bits per heavy atom. The predicted octanol–water partition coefficient (Wildman–Crippen LogP) is 3.72. The highest BCUT2D eigenvalue weighted by Crippen LogP contribution is 2.20. The minimum atomic E-state index is -0.425. The van der Waals surface area contributed by atoms with Gasteiger partial charge in [0.2, 0.25) is 0 Å². The minimum Gasteiger partial charge on any atom is -0.408 e. The van der Waals surface area contributed by atoms with Crippen molar-refractivity contribution in [2.45, 2.75) is 6.54 Å². The van der Waals surface area contributed by atoms with Gasteiger partial charge in [-0.05, 0) is 68.0 Å².